The molecule has 6 heteroatoms. The summed E-state index contributed by atoms with van der Waals surface area (Å²) in [7, 11) is 1.60. The number of rotatable bonds is 6. The van der Waals surface area contributed by atoms with Crippen LogP contribution in [0.25, 0.3) is 0 Å². The highest BCUT2D eigenvalue weighted by Gasteiger charge is 2.18. The van der Waals surface area contributed by atoms with Gasteiger partial charge in [0.25, 0.3) is 0 Å². The normalized spacial score (nSPS) is 12.5. The average molecular weight is 239 g/mol. The highest BCUT2D eigenvalue weighted by molar-refractivity contribution is 5.92. The fourth-order valence-electron chi connectivity index (χ4n) is 1.37. The third-order valence-corrected chi connectivity index (χ3v) is 2.42. The van der Waals surface area contributed by atoms with E-state index in [2.05, 4.69) is 15.5 Å². The summed E-state index contributed by atoms with van der Waals surface area (Å²) in [6.45, 7) is 4.52. The van der Waals surface area contributed by atoms with Crippen molar-refractivity contribution in [2.24, 2.45) is 5.92 Å². The zero-order chi connectivity index (χ0) is 12.8. The van der Waals surface area contributed by atoms with Crippen molar-refractivity contribution in [1.29, 1.82) is 0 Å². The molecule has 0 aliphatic carbocycles. The number of hydrogen-bond donors (Lipinski definition) is 2. The summed E-state index contributed by atoms with van der Waals surface area (Å²) < 4.78 is 5.08. The van der Waals surface area contributed by atoms with Crippen molar-refractivity contribution < 1.29 is 14.6 Å². The van der Waals surface area contributed by atoms with Gasteiger partial charge in [0.05, 0.1) is 18.8 Å². The first-order valence-corrected chi connectivity index (χ1v) is 5.36. The van der Waals surface area contributed by atoms with Gasteiger partial charge in [-0.05, 0) is 12.0 Å². The van der Waals surface area contributed by atoms with Gasteiger partial charge >= 0.3 is 5.97 Å². The number of ether oxygens (including phenoxy) is 1. The average Bonchev–Trinajstić information content (AvgIpc) is 2.28. The minimum atomic E-state index is -1.03. The third-order valence-electron chi connectivity index (χ3n) is 2.42. The van der Waals surface area contributed by atoms with Crippen LogP contribution in [0.2, 0.25) is 0 Å². The number of nitrogens with one attached hydrogen (secondary N) is 1. The summed E-state index contributed by atoms with van der Waals surface area (Å²) >= 11 is 0. The highest BCUT2D eigenvalue weighted by Crippen LogP contribution is 2.14. The molecule has 2 N–H and O–H groups in total. The van der Waals surface area contributed by atoms with Gasteiger partial charge in [0.15, 0.2) is 5.82 Å². The van der Waals surface area contributed by atoms with Crippen LogP contribution in [0.3, 0.4) is 0 Å². The molecule has 1 rings (SSSR count). The number of anilines is 1. The first-order chi connectivity index (χ1) is 8.06. The van der Waals surface area contributed by atoms with Gasteiger partial charge in [-0.3, -0.25) is 0 Å². The SMILES string of the molecule is COCC(Nc1nnccc1C(=O)O)C(C)C. The number of carboxylic acids is 1. The van der Waals surface area contributed by atoms with Crippen LogP contribution >= 0.6 is 0 Å². The van der Waals surface area contributed by atoms with Crippen LogP contribution in [-0.4, -0.2) is 41.0 Å². The lowest BCUT2D eigenvalue weighted by Gasteiger charge is -2.22. The monoisotopic (exact) mass is 239 g/mol. The Morgan fingerprint density at radius 1 is 1.59 bits per heavy atom. The summed E-state index contributed by atoms with van der Waals surface area (Å²) in [6, 6.07) is 1.41. The molecule has 0 saturated carbocycles. The van der Waals surface area contributed by atoms with Gasteiger partial charge in [-0.25, -0.2) is 4.79 Å². The maximum Gasteiger partial charge on any atom is 0.339 e. The van der Waals surface area contributed by atoms with Gasteiger partial charge < -0.3 is 15.2 Å². The molecule has 0 aliphatic rings. The number of methoxy groups -OCH3 is 1. The molecule has 17 heavy (non-hydrogen) atoms. The van der Waals surface area contributed by atoms with Gasteiger partial charge in [-0.1, -0.05) is 13.8 Å². The lowest BCUT2D eigenvalue weighted by atomic mass is 10.1. The van der Waals surface area contributed by atoms with Crippen LogP contribution in [0.4, 0.5) is 5.82 Å². The number of carboxylic acid groups (broad SMARTS) is 1. The summed E-state index contributed by atoms with van der Waals surface area (Å²) in [4.78, 5) is 11.0. The predicted molar refractivity (Wildman–Crippen MR) is 63.1 cm³/mol. The summed E-state index contributed by atoms with van der Waals surface area (Å²) in [5.41, 5.74) is 0.113. The van der Waals surface area contributed by atoms with E-state index in [-0.39, 0.29) is 17.4 Å². The fraction of sp³-hybridized carbons (Fsp3) is 0.545. The lowest BCUT2D eigenvalue weighted by Crippen LogP contribution is -2.31. The lowest BCUT2D eigenvalue weighted by molar-refractivity contribution is 0.0697. The highest BCUT2D eigenvalue weighted by atomic mass is 16.5. The van der Waals surface area contributed by atoms with E-state index in [0.717, 1.165) is 0 Å². The predicted octanol–water partition coefficient (Wildman–Crippen LogP) is 1.26. The van der Waals surface area contributed by atoms with Crippen molar-refractivity contribution in [2.75, 3.05) is 19.0 Å². The van der Waals surface area contributed by atoms with Gasteiger partial charge in [0.1, 0.15) is 5.56 Å². The molecule has 94 valence electrons. The third kappa shape index (κ3) is 3.67. The Bertz CT molecular complexity index is 382. The van der Waals surface area contributed by atoms with Crippen LogP contribution in [0.15, 0.2) is 12.3 Å². The Labute approximate surface area is 100 Å². The summed E-state index contributed by atoms with van der Waals surface area (Å²) in [5, 5.41) is 19.5. The van der Waals surface area contributed by atoms with Crippen molar-refractivity contribution >= 4 is 11.8 Å². The van der Waals surface area contributed by atoms with Gasteiger partial charge in [0, 0.05) is 7.11 Å². The molecule has 1 atom stereocenters. The molecule has 0 aromatic carbocycles. The van der Waals surface area contributed by atoms with E-state index < -0.39 is 5.97 Å². The topological polar surface area (TPSA) is 84.3 Å². The standard InChI is InChI=1S/C11H17N3O3/c1-7(2)9(6-17-3)13-10-8(11(15)16)4-5-12-14-10/h4-5,7,9H,6H2,1-3H3,(H,13,14)(H,15,16). The molecule has 1 unspecified atom stereocenters. The van der Waals surface area contributed by atoms with Crippen LogP contribution in [0.1, 0.15) is 24.2 Å². The molecule has 0 saturated heterocycles. The molecule has 1 aromatic rings. The van der Waals surface area contributed by atoms with Crippen molar-refractivity contribution in [1.82, 2.24) is 10.2 Å². The molecule has 1 heterocycles. The molecule has 0 radical (unpaired) electrons. The van der Waals surface area contributed by atoms with Gasteiger partial charge in [-0.2, -0.15) is 5.10 Å². The first kappa shape index (κ1) is 13.4. The number of hydrogen-bond acceptors (Lipinski definition) is 5. The summed E-state index contributed by atoms with van der Waals surface area (Å²) in [6.07, 6.45) is 1.36. The van der Waals surface area contributed by atoms with Crippen LogP contribution in [0.5, 0.6) is 0 Å². The van der Waals surface area contributed by atoms with E-state index in [4.69, 9.17) is 9.84 Å². The van der Waals surface area contributed by atoms with E-state index in [1.807, 2.05) is 13.8 Å². The molecule has 1 aromatic heterocycles. The second-order valence-corrected chi connectivity index (χ2v) is 4.05. The Morgan fingerprint density at radius 2 is 2.29 bits per heavy atom. The Kier molecular flexibility index (Phi) is 4.84. The molecule has 0 bridgehead atoms. The zero-order valence-corrected chi connectivity index (χ0v) is 10.2. The maximum atomic E-state index is 11.0. The molecule has 0 amide bonds. The largest absolute Gasteiger partial charge is 0.478 e. The second-order valence-electron chi connectivity index (χ2n) is 4.05. The van der Waals surface area contributed by atoms with Gasteiger partial charge in [0.2, 0.25) is 0 Å². The smallest absolute Gasteiger partial charge is 0.339 e. The second kappa shape index (κ2) is 6.15. The van der Waals surface area contributed by atoms with Crippen molar-refractivity contribution in [3.8, 4) is 0 Å². The van der Waals surface area contributed by atoms with Crippen molar-refractivity contribution in [3.05, 3.63) is 17.8 Å². The zero-order valence-electron chi connectivity index (χ0n) is 10.2. The quantitative estimate of drug-likeness (QED) is 0.777. The van der Waals surface area contributed by atoms with Crippen molar-refractivity contribution in [2.45, 2.75) is 19.9 Å². The van der Waals surface area contributed by atoms with Crippen molar-refractivity contribution in [3.63, 3.8) is 0 Å². The van der Waals surface area contributed by atoms with Crippen LogP contribution < -0.4 is 5.32 Å². The number of aromatic nitrogens is 2. The maximum absolute atomic E-state index is 11.0. The van der Waals surface area contributed by atoms with E-state index in [0.29, 0.717) is 12.5 Å². The molecule has 6 nitrogen and oxygen atoms in total. The fourth-order valence-corrected chi connectivity index (χ4v) is 1.37. The molecule has 0 spiro atoms. The van der Waals surface area contributed by atoms with E-state index in [9.17, 15) is 4.79 Å². The number of nitrogens with zero attached hydrogens (tertiary/aromatic N) is 2. The molecular weight excluding hydrogens is 222 g/mol. The minimum absolute atomic E-state index is 0.00481. The van der Waals surface area contributed by atoms with E-state index in [1.165, 1.54) is 12.3 Å². The molecule has 0 aliphatic heterocycles. The minimum Gasteiger partial charge on any atom is -0.478 e. The Hall–Kier alpha value is -1.69. The molecule has 0 fully saturated rings. The van der Waals surface area contributed by atoms with Gasteiger partial charge in [-0.15, -0.1) is 5.10 Å². The number of aromatic carboxylic acids is 1. The number of carbonyl (C=O) groups is 1. The first-order valence-electron chi connectivity index (χ1n) is 5.36. The summed E-state index contributed by atoms with van der Waals surface area (Å²) in [5.74, 6) is -0.461. The van der Waals surface area contributed by atoms with E-state index >= 15 is 0 Å². The molecular formula is C11H17N3O3. The van der Waals surface area contributed by atoms with Crippen LogP contribution in [0, 0.1) is 5.92 Å². The Balaban J connectivity index is 2.88. The Morgan fingerprint density at radius 3 is 2.82 bits per heavy atom. The van der Waals surface area contributed by atoms with Crippen LogP contribution in [-0.2, 0) is 4.74 Å². The van der Waals surface area contributed by atoms with E-state index in [1.54, 1.807) is 7.11 Å².